The van der Waals surface area contributed by atoms with Crippen LogP contribution in [0.2, 0.25) is 0 Å². The third kappa shape index (κ3) is 3.76. The van der Waals surface area contributed by atoms with E-state index in [-0.39, 0.29) is 10.8 Å². The van der Waals surface area contributed by atoms with Crippen molar-refractivity contribution in [2.75, 3.05) is 61.5 Å². The fourth-order valence-electron chi connectivity index (χ4n) is 3.23. The van der Waals surface area contributed by atoms with Crippen molar-refractivity contribution in [3.8, 4) is 0 Å². The molecule has 146 valence electrons. The molecule has 1 aliphatic rings. The predicted molar refractivity (Wildman–Crippen MR) is 107 cm³/mol. The molecule has 0 spiro atoms. The molecule has 0 bridgehead atoms. The summed E-state index contributed by atoms with van der Waals surface area (Å²) in [6.45, 7) is 4.96. The molecule has 2 aromatic rings. The topological polar surface area (TPSA) is 122 Å². The van der Waals surface area contributed by atoms with E-state index in [1.807, 2.05) is 19.1 Å². The van der Waals surface area contributed by atoms with Gasteiger partial charge in [-0.05, 0) is 31.2 Å². The van der Waals surface area contributed by atoms with Gasteiger partial charge >= 0.3 is 0 Å². The summed E-state index contributed by atoms with van der Waals surface area (Å²) in [6.07, 6.45) is 0. The summed E-state index contributed by atoms with van der Waals surface area (Å²) in [5, 5.41) is 0. The maximum absolute atomic E-state index is 12.2. The molecule has 27 heavy (non-hydrogen) atoms. The highest BCUT2D eigenvalue weighted by atomic mass is 32.2. The number of nitrogens with zero attached hydrogens (tertiary/aromatic N) is 5. The zero-order chi connectivity index (χ0) is 19.8. The van der Waals surface area contributed by atoms with E-state index in [0.717, 1.165) is 43.2 Å². The van der Waals surface area contributed by atoms with Gasteiger partial charge in [0.05, 0.1) is 10.6 Å². The highest BCUT2D eigenvalue weighted by Crippen LogP contribution is 2.28. The van der Waals surface area contributed by atoms with Gasteiger partial charge in [-0.3, -0.25) is 0 Å². The molecule has 1 aromatic heterocycles. The lowest BCUT2D eigenvalue weighted by Gasteiger charge is -2.38. The first-order valence-electron chi connectivity index (χ1n) is 8.62. The minimum absolute atomic E-state index is 0.181. The fraction of sp³-hybridized carbons (Fsp3) is 0.412. The van der Waals surface area contributed by atoms with Crippen LogP contribution in [0.15, 0.2) is 29.2 Å². The van der Waals surface area contributed by atoms with Crippen LogP contribution in [0, 0.1) is 6.92 Å². The molecule has 1 fully saturated rings. The van der Waals surface area contributed by atoms with Crippen molar-refractivity contribution in [3.05, 3.63) is 30.0 Å². The number of anilines is 4. The number of piperazine rings is 1. The number of nitrogens with two attached hydrogens (primary N) is 2. The van der Waals surface area contributed by atoms with Crippen molar-refractivity contribution in [3.63, 3.8) is 0 Å². The highest BCUT2D eigenvalue weighted by Gasteiger charge is 2.23. The Kier molecular flexibility index (Phi) is 5.11. The summed E-state index contributed by atoms with van der Waals surface area (Å²) < 4.78 is 25.6. The van der Waals surface area contributed by atoms with E-state index < -0.39 is 10.0 Å². The molecule has 0 atom stereocenters. The van der Waals surface area contributed by atoms with Gasteiger partial charge in [0.25, 0.3) is 0 Å². The van der Waals surface area contributed by atoms with E-state index in [1.54, 1.807) is 12.1 Å². The molecule has 0 radical (unpaired) electrons. The van der Waals surface area contributed by atoms with Crippen LogP contribution >= 0.6 is 0 Å². The summed E-state index contributed by atoms with van der Waals surface area (Å²) >= 11 is 0. The molecule has 2 heterocycles. The first kappa shape index (κ1) is 19.2. The van der Waals surface area contributed by atoms with Crippen LogP contribution in [0.3, 0.4) is 0 Å². The SMILES string of the molecule is Cc1nc(N)nc(N)c1N1CCN(c2ccc(S(=O)(=O)N(C)C)cc2)CC1. The Balaban J connectivity index is 1.71. The average Bonchev–Trinajstić information content (AvgIpc) is 2.61. The van der Waals surface area contributed by atoms with E-state index in [9.17, 15) is 8.42 Å². The highest BCUT2D eigenvalue weighted by molar-refractivity contribution is 7.89. The standard InChI is InChI=1S/C17H25N7O2S/c1-12-15(16(18)21-17(19)20-12)24-10-8-23(9-11-24)13-4-6-14(7-5-13)27(25,26)22(2)3/h4-7H,8-11H2,1-3H3,(H4,18,19,20,21). The molecule has 3 rings (SSSR count). The maximum Gasteiger partial charge on any atom is 0.242 e. The number of sulfonamides is 1. The number of aromatic nitrogens is 2. The average molecular weight is 392 g/mol. The van der Waals surface area contributed by atoms with Crippen LogP contribution in [0.1, 0.15) is 5.69 Å². The predicted octanol–water partition coefficient (Wildman–Crippen LogP) is 0.526. The van der Waals surface area contributed by atoms with Gasteiger partial charge in [-0.15, -0.1) is 0 Å². The van der Waals surface area contributed by atoms with Crippen LogP contribution in [0.25, 0.3) is 0 Å². The molecule has 10 heteroatoms. The van der Waals surface area contributed by atoms with Crippen LogP contribution in [0.5, 0.6) is 0 Å². The Bertz CT molecular complexity index is 898. The second-order valence-electron chi connectivity index (χ2n) is 6.66. The number of hydrogen-bond acceptors (Lipinski definition) is 8. The van der Waals surface area contributed by atoms with Gasteiger partial charge in [-0.2, -0.15) is 4.98 Å². The molecule has 1 saturated heterocycles. The van der Waals surface area contributed by atoms with Gasteiger partial charge in [0.2, 0.25) is 16.0 Å². The normalized spacial score (nSPS) is 15.4. The van der Waals surface area contributed by atoms with Crippen molar-refractivity contribution in [1.82, 2.24) is 14.3 Å². The van der Waals surface area contributed by atoms with E-state index in [2.05, 4.69) is 19.8 Å². The molecular formula is C17H25N7O2S. The Morgan fingerprint density at radius 3 is 2.04 bits per heavy atom. The molecule has 0 amide bonds. The smallest absolute Gasteiger partial charge is 0.242 e. The van der Waals surface area contributed by atoms with Gasteiger partial charge < -0.3 is 21.3 Å². The Hall–Kier alpha value is -2.59. The molecule has 1 aromatic carbocycles. The van der Waals surface area contributed by atoms with E-state index in [1.165, 1.54) is 18.4 Å². The lowest BCUT2D eigenvalue weighted by molar-refractivity contribution is 0.520. The second kappa shape index (κ2) is 7.20. The summed E-state index contributed by atoms with van der Waals surface area (Å²) in [4.78, 5) is 12.9. The fourth-order valence-corrected chi connectivity index (χ4v) is 4.13. The van der Waals surface area contributed by atoms with Crippen molar-refractivity contribution >= 4 is 33.2 Å². The van der Waals surface area contributed by atoms with Crippen LogP contribution in [0.4, 0.5) is 23.1 Å². The second-order valence-corrected chi connectivity index (χ2v) is 8.81. The lowest BCUT2D eigenvalue weighted by Crippen LogP contribution is -2.47. The number of hydrogen-bond donors (Lipinski definition) is 2. The van der Waals surface area contributed by atoms with Gasteiger partial charge in [0.15, 0.2) is 5.82 Å². The number of benzene rings is 1. The summed E-state index contributed by atoms with van der Waals surface area (Å²) in [5.74, 6) is 0.576. The van der Waals surface area contributed by atoms with Crippen LogP contribution < -0.4 is 21.3 Å². The van der Waals surface area contributed by atoms with Gasteiger partial charge in [-0.25, -0.2) is 17.7 Å². The minimum Gasteiger partial charge on any atom is -0.382 e. The Labute approximate surface area is 159 Å². The summed E-state index contributed by atoms with van der Waals surface area (Å²) in [6, 6.07) is 6.98. The summed E-state index contributed by atoms with van der Waals surface area (Å²) in [5.41, 5.74) is 14.3. The zero-order valence-electron chi connectivity index (χ0n) is 15.8. The first-order valence-corrected chi connectivity index (χ1v) is 10.1. The summed E-state index contributed by atoms with van der Waals surface area (Å²) in [7, 11) is -0.364. The maximum atomic E-state index is 12.2. The molecule has 0 unspecified atom stereocenters. The van der Waals surface area contributed by atoms with Gasteiger partial charge in [-0.1, -0.05) is 0 Å². The van der Waals surface area contributed by atoms with E-state index in [4.69, 9.17) is 11.5 Å². The third-order valence-corrected chi connectivity index (χ3v) is 6.51. The van der Waals surface area contributed by atoms with Crippen LogP contribution in [-0.2, 0) is 10.0 Å². The van der Waals surface area contributed by atoms with Crippen molar-refractivity contribution in [2.45, 2.75) is 11.8 Å². The van der Waals surface area contributed by atoms with Gasteiger partial charge in [0.1, 0.15) is 5.69 Å². The minimum atomic E-state index is -3.41. The number of nitrogen functional groups attached to an aromatic ring is 2. The quantitative estimate of drug-likeness (QED) is 0.774. The monoisotopic (exact) mass is 391 g/mol. The van der Waals surface area contributed by atoms with Crippen molar-refractivity contribution in [2.24, 2.45) is 0 Å². The van der Waals surface area contributed by atoms with E-state index in [0.29, 0.717) is 5.82 Å². The third-order valence-electron chi connectivity index (χ3n) is 4.68. The van der Waals surface area contributed by atoms with E-state index >= 15 is 0 Å². The zero-order valence-corrected chi connectivity index (χ0v) is 16.6. The molecule has 1 aliphatic heterocycles. The molecule has 0 saturated carbocycles. The number of aryl methyl sites for hydroxylation is 1. The Morgan fingerprint density at radius 2 is 1.52 bits per heavy atom. The van der Waals surface area contributed by atoms with Crippen molar-refractivity contribution < 1.29 is 8.42 Å². The number of rotatable bonds is 4. The van der Waals surface area contributed by atoms with Gasteiger partial charge in [0, 0.05) is 46.0 Å². The van der Waals surface area contributed by atoms with Crippen molar-refractivity contribution in [1.29, 1.82) is 0 Å². The lowest BCUT2D eigenvalue weighted by atomic mass is 10.2. The Morgan fingerprint density at radius 1 is 0.963 bits per heavy atom. The van der Waals surface area contributed by atoms with Crippen LogP contribution in [-0.4, -0.2) is 63.0 Å². The molecular weight excluding hydrogens is 366 g/mol. The molecule has 4 N–H and O–H groups in total. The largest absolute Gasteiger partial charge is 0.382 e. The molecule has 0 aliphatic carbocycles. The first-order chi connectivity index (χ1) is 12.7. The molecule has 9 nitrogen and oxygen atoms in total.